The van der Waals surface area contributed by atoms with Crippen molar-refractivity contribution in [2.75, 3.05) is 13.1 Å². The monoisotopic (exact) mass is 127 g/mol. The Morgan fingerprint density at radius 3 is 2.89 bits per heavy atom. The van der Waals surface area contributed by atoms with Crippen LogP contribution in [0.25, 0.3) is 0 Å². The summed E-state index contributed by atoms with van der Waals surface area (Å²) in [5.74, 6) is 0. The summed E-state index contributed by atoms with van der Waals surface area (Å²) in [7, 11) is 2.11. The molecule has 0 aliphatic carbocycles. The summed E-state index contributed by atoms with van der Waals surface area (Å²) >= 11 is 0. The van der Waals surface area contributed by atoms with Crippen molar-refractivity contribution < 1.29 is 4.74 Å². The van der Waals surface area contributed by atoms with Crippen LogP contribution in [0.4, 0.5) is 0 Å². The zero-order chi connectivity index (χ0) is 6.69. The first-order chi connectivity index (χ1) is 4.33. The molecular formula is C6H14BNO. The van der Waals surface area contributed by atoms with Crippen LogP contribution < -0.4 is 5.32 Å². The van der Waals surface area contributed by atoms with Crippen molar-refractivity contribution in [3.8, 4) is 0 Å². The van der Waals surface area contributed by atoms with Gasteiger partial charge < -0.3 is 10.1 Å². The Kier molecular flexibility index (Phi) is 2.55. The fourth-order valence-electron chi connectivity index (χ4n) is 1.11. The molecule has 1 heterocycles. The molecule has 2 nitrogen and oxygen atoms in total. The van der Waals surface area contributed by atoms with Crippen molar-refractivity contribution >= 4 is 7.85 Å². The second-order valence-electron chi connectivity index (χ2n) is 2.64. The standard InChI is InChI=1S/C6H14BNO/c1-2-5-3-8-4-6(7)9-5/h5-6,8H,2-4,7H2,1H3/t5-,6-/m1/s1. The highest BCUT2D eigenvalue weighted by atomic mass is 16.5. The fraction of sp³-hybridized carbons (Fsp3) is 1.00. The molecule has 1 aliphatic rings. The van der Waals surface area contributed by atoms with E-state index >= 15 is 0 Å². The number of ether oxygens (including phenoxy) is 1. The molecule has 3 heteroatoms. The number of hydrogen-bond donors (Lipinski definition) is 1. The van der Waals surface area contributed by atoms with E-state index in [1.165, 1.54) is 0 Å². The van der Waals surface area contributed by atoms with Gasteiger partial charge in [0.05, 0.1) is 6.10 Å². The summed E-state index contributed by atoms with van der Waals surface area (Å²) in [5, 5.41) is 3.31. The number of nitrogens with one attached hydrogen (secondary N) is 1. The van der Waals surface area contributed by atoms with Crippen molar-refractivity contribution in [1.29, 1.82) is 0 Å². The second-order valence-corrected chi connectivity index (χ2v) is 2.64. The molecule has 1 rings (SSSR count). The molecule has 0 aromatic heterocycles. The van der Waals surface area contributed by atoms with E-state index in [2.05, 4.69) is 20.1 Å². The van der Waals surface area contributed by atoms with Gasteiger partial charge in [-0.25, -0.2) is 0 Å². The predicted octanol–water partition coefficient (Wildman–Crippen LogP) is -0.656. The highest BCUT2D eigenvalue weighted by Crippen LogP contribution is 2.03. The molecule has 0 aromatic carbocycles. The lowest BCUT2D eigenvalue weighted by atomic mass is 9.98. The molecule has 0 saturated carbocycles. The lowest BCUT2D eigenvalue weighted by molar-refractivity contribution is 0.00289. The van der Waals surface area contributed by atoms with Crippen molar-refractivity contribution in [3.05, 3.63) is 0 Å². The molecule has 2 atom stereocenters. The Morgan fingerprint density at radius 1 is 1.67 bits per heavy atom. The Labute approximate surface area is 57.4 Å². The molecular weight excluding hydrogens is 113 g/mol. The fourth-order valence-corrected chi connectivity index (χ4v) is 1.11. The second kappa shape index (κ2) is 3.23. The first kappa shape index (κ1) is 7.10. The first-order valence-electron chi connectivity index (χ1n) is 3.69. The molecule has 0 spiro atoms. The third kappa shape index (κ3) is 1.99. The van der Waals surface area contributed by atoms with E-state index in [9.17, 15) is 0 Å². The Morgan fingerprint density at radius 2 is 2.44 bits per heavy atom. The molecule has 1 aliphatic heterocycles. The van der Waals surface area contributed by atoms with Crippen LogP contribution in [0.1, 0.15) is 13.3 Å². The maximum absolute atomic E-state index is 5.57. The van der Waals surface area contributed by atoms with Crippen LogP contribution in [0.5, 0.6) is 0 Å². The van der Waals surface area contributed by atoms with Gasteiger partial charge in [0.25, 0.3) is 0 Å². The summed E-state index contributed by atoms with van der Waals surface area (Å²) in [6.45, 7) is 4.20. The SMILES string of the molecule is B[C@H]1CNC[C@@H](CC)O1. The van der Waals surface area contributed by atoms with E-state index in [4.69, 9.17) is 4.74 Å². The van der Waals surface area contributed by atoms with E-state index < -0.39 is 0 Å². The van der Waals surface area contributed by atoms with Crippen LogP contribution in [-0.2, 0) is 4.74 Å². The lowest BCUT2D eigenvalue weighted by Gasteiger charge is -2.27. The minimum atomic E-state index is 0.406. The topological polar surface area (TPSA) is 21.3 Å². The van der Waals surface area contributed by atoms with Crippen LogP contribution in [-0.4, -0.2) is 33.0 Å². The minimum Gasteiger partial charge on any atom is -0.381 e. The van der Waals surface area contributed by atoms with Crippen molar-refractivity contribution in [2.45, 2.75) is 25.5 Å². The van der Waals surface area contributed by atoms with E-state index in [0.29, 0.717) is 12.1 Å². The number of morpholine rings is 1. The van der Waals surface area contributed by atoms with E-state index in [1.807, 2.05) is 0 Å². The molecule has 0 unspecified atom stereocenters. The van der Waals surface area contributed by atoms with E-state index in [0.717, 1.165) is 19.5 Å². The zero-order valence-electron chi connectivity index (χ0n) is 6.18. The molecule has 1 fully saturated rings. The number of hydrogen-bond acceptors (Lipinski definition) is 2. The molecule has 52 valence electrons. The van der Waals surface area contributed by atoms with Gasteiger partial charge in [-0.15, -0.1) is 0 Å². The van der Waals surface area contributed by atoms with Crippen molar-refractivity contribution in [2.24, 2.45) is 0 Å². The van der Waals surface area contributed by atoms with Gasteiger partial charge in [-0.2, -0.15) is 0 Å². The maximum atomic E-state index is 5.57. The average molecular weight is 127 g/mol. The third-order valence-electron chi connectivity index (χ3n) is 1.68. The zero-order valence-corrected chi connectivity index (χ0v) is 6.18. The van der Waals surface area contributed by atoms with Crippen LogP contribution in [0.3, 0.4) is 0 Å². The molecule has 0 aromatic rings. The molecule has 1 saturated heterocycles. The summed E-state index contributed by atoms with van der Waals surface area (Å²) in [5.41, 5.74) is 0. The van der Waals surface area contributed by atoms with Crippen molar-refractivity contribution in [3.63, 3.8) is 0 Å². The van der Waals surface area contributed by atoms with Gasteiger partial charge in [-0.05, 0) is 6.42 Å². The summed E-state index contributed by atoms with van der Waals surface area (Å²) in [4.78, 5) is 0. The van der Waals surface area contributed by atoms with Gasteiger partial charge in [-0.1, -0.05) is 6.92 Å². The largest absolute Gasteiger partial charge is 0.381 e. The van der Waals surface area contributed by atoms with Gasteiger partial charge in [0.1, 0.15) is 7.85 Å². The van der Waals surface area contributed by atoms with Gasteiger partial charge in [0.2, 0.25) is 0 Å². The highest BCUT2D eigenvalue weighted by molar-refractivity contribution is 6.11. The van der Waals surface area contributed by atoms with Crippen LogP contribution >= 0.6 is 0 Å². The first-order valence-corrected chi connectivity index (χ1v) is 3.69. The normalized spacial score (nSPS) is 36.6. The van der Waals surface area contributed by atoms with Gasteiger partial charge >= 0.3 is 0 Å². The van der Waals surface area contributed by atoms with Crippen LogP contribution in [0, 0.1) is 0 Å². The Hall–Kier alpha value is -0.0151. The lowest BCUT2D eigenvalue weighted by Crippen LogP contribution is -2.44. The van der Waals surface area contributed by atoms with Crippen molar-refractivity contribution in [1.82, 2.24) is 5.32 Å². The number of rotatable bonds is 1. The molecule has 9 heavy (non-hydrogen) atoms. The molecule has 0 bridgehead atoms. The van der Waals surface area contributed by atoms with Gasteiger partial charge in [0.15, 0.2) is 0 Å². The smallest absolute Gasteiger partial charge is 0.140 e. The maximum Gasteiger partial charge on any atom is 0.140 e. The minimum absolute atomic E-state index is 0.406. The Balaban J connectivity index is 2.23. The summed E-state index contributed by atoms with van der Waals surface area (Å²) in [6.07, 6.45) is 1.57. The Bertz CT molecular complexity index is 89.1. The quantitative estimate of drug-likeness (QED) is 0.472. The van der Waals surface area contributed by atoms with Crippen LogP contribution in [0.15, 0.2) is 0 Å². The third-order valence-corrected chi connectivity index (χ3v) is 1.68. The summed E-state index contributed by atoms with van der Waals surface area (Å²) < 4.78 is 5.57. The van der Waals surface area contributed by atoms with E-state index in [1.54, 1.807) is 0 Å². The predicted molar refractivity (Wildman–Crippen MR) is 40.4 cm³/mol. The highest BCUT2D eigenvalue weighted by Gasteiger charge is 2.15. The molecule has 0 amide bonds. The molecule has 0 radical (unpaired) electrons. The van der Waals surface area contributed by atoms with Gasteiger partial charge in [0, 0.05) is 19.1 Å². The van der Waals surface area contributed by atoms with E-state index in [-0.39, 0.29) is 0 Å². The molecule has 1 N–H and O–H groups in total. The average Bonchev–Trinajstić information content (AvgIpc) is 1.88. The summed E-state index contributed by atoms with van der Waals surface area (Å²) in [6, 6.07) is 0.406. The van der Waals surface area contributed by atoms with Crippen LogP contribution in [0.2, 0.25) is 0 Å². The van der Waals surface area contributed by atoms with Gasteiger partial charge in [-0.3, -0.25) is 0 Å².